The molecule has 4 rings (SSSR count). The maximum atomic E-state index is 8.36. The Balaban J connectivity index is 0.00000103. The lowest BCUT2D eigenvalue weighted by Gasteiger charge is -2.31. The number of ether oxygens (including phenoxy) is 1. The normalized spacial score (nSPS) is 14.4. The minimum absolute atomic E-state index is 0.250. The number of pyridine rings is 1. The number of aromatic nitrogens is 5. The third-order valence-electron chi connectivity index (χ3n) is 5.58. The molecule has 11 nitrogen and oxygen atoms in total. The lowest BCUT2D eigenvalue weighted by molar-refractivity contribution is -0.122. The molecule has 3 aromatic heterocycles. The van der Waals surface area contributed by atoms with Crippen LogP contribution in [-0.4, -0.2) is 81.4 Å². The fourth-order valence-electron chi connectivity index (χ4n) is 4.08. The van der Waals surface area contributed by atoms with Gasteiger partial charge in [0.05, 0.1) is 24.4 Å². The van der Waals surface area contributed by atoms with Crippen LogP contribution in [0.5, 0.6) is 0 Å². The number of anilines is 3. The highest BCUT2D eigenvalue weighted by Gasteiger charge is 2.21. The molecular formula is C23H34N8O3. The third kappa shape index (κ3) is 6.17. The van der Waals surface area contributed by atoms with Gasteiger partial charge in [0.25, 0.3) is 6.47 Å². The van der Waals surface area contributed by atoms with Gasteiger partial charge in [-0.15, -0.1) is 0 Å². The Morgan fingerprint density at radius 1 is 1.24 bits per heavy atom. The molecule has 34 heavy (non-hydrogen) atoms. The van der Waals surface area contributed by atoms with Crippen molar-refractivity contribution in [2.24, 2.45) is 0 Å². The lowest BCUT2D eigenvalue weighted by atomic mass is 10.1. The molecule has 0 radical (unpaired) electrons. The van der Waals surface area contributed by atoms with Crippen molar-refractivity contribution in [2.45, 2.75) is 45.4 Å². The lowest BCUT2D eigenvalue weighted by Crippen LogP contribution is -2.37. The number of carbonyl (C=O) groups is 1. The van der Waals surface area contributed by atoms with E-state index in [2.05, 4.69) is 57.6 Å². The average Bonchev–Trinajstić information content (AvgIpc) is 3.16. The summed E-state index contributed by atoms with van der Waals surface area (Å²) in [5.74, 6) is 3.25. The molecule has 1 fully saturated rings. The molecule has 0 saturated carbocycles. The smallest absolute Gasteiger partial charge is 0.290 e. The fraction of sp³-hybridized carbons (Fsp3) is 0.522. The van der Waals surface area contributed by atoms with Crippen LogP contribution < -0.4 is 10.2 Å². The predicted molar refractivity (Wildman–Crippen MR) is 132 cm³/mol. The number of nitrogens with zero attached hydrogens (tertiary/aromatic N) is 7. The van der Waals surface area contributed by atoms with E-state index in [9.17, 15) is 0 Å². The average molecular weight is 471 g/mol. The zero-order valence-electron chi connectivity index (χ0n) is 20.5. The topological polar surface area (TPSA) is 122 Å². The van der Waals surface area contributed by atoms with Crippen molar-refractivity contribution in [3.05, 3.63) is 30.4 Å². The first-order valence-electron chi connectivity index (χ1n) is 11.3. The summed E-state index contributed by atoms with van der Waals surface area (Å²) in [7, 11) is 5.89. The van der Waals surface area contributed by atoms with Gasteiger partial charge in [-0.05, 0) is 46.9 Å². The van der Waals surface area contributed by atoms with Crippen LogP contribution in [0.1, 0.15) is 38.6 Å². The second-order valence-electron chi connectivity index (χ2n) is 8.68. The number of hydrogen-bond acceptors (Lipinski definition) is 9. The third-order valence-corrected chi connectivity index (χ3v) is 5.58. The van der Waals surface area contributed by atoms with Gasteiger partial charge in [-0.25, -0.2) is 15.0 Å². The SMILES string of the molecule is COC1CCN(c2nccc(Nc3cc4c(cn3)nc(CN(C)C)n4C(C)C)n2)CC1.O=CO. The van der Waals surface area contributed by atoms with Crippen LogP contribution >= 0.6 is 0 Å². The van der Waals surface area contributed by atoms with Gasteiger partial charge < -0.3 is 29.5 Å². The van der Waals surface area contributed by atoms with Gasteiger partial charge in [0, 0.05) is 38.5 Å². The highest BCUT2D eigenvalue weighted by atomic mass is 16.5. The number of carboxylic acid groups (broad SMARTS) is 1. The highest BCUT2D eigenvalue weighted by molar-refractivity contribution is 5.79. The van der Waals surface area contributed by atoms with Crippen molar-refractivity contribution in [1.29, 1.82) is 0 Å². The van der Waals surface area contributed by atoms with Gasteiger partial charge in [0.1, 0.15) is 23.0 Å². The number of rotatable bonds is 7. The zero-order valence-corrected chi connectivity index (χ0v) is 20.5. The highest BCUT2D eigenvalue weighted by Crippen LogP contribution is 2.25. The summed E-state index contributed by atoms with van der Waals surface area (Å²) in [6.07, 6.45) is 5.93. The molecular weight excluding hydrogens is 436 g/mol. The van der Waals surface area contributed by atoms with Crippen LogP contribution in [-0.2, 0) is 16.1 Å². The zero-order chi connectivity index (χ0) is 24.7. The summed E-state index contributed by atoms with van der Waals surface area (Å²) in [6, 6.07) is 4.22. The van der Waals surface area contributed by atoms with Gasteiger partial charge in [-0.1, -0.05) is 0 Å². The molecule has 1 saturated heterocycles. The molecule has 0 unspecified atom stereocenters. The van der Waals surface area contributed by atoms with Crippen molar-refractivity contribution in [3.63, 3.8) is 0 Å². The van der Waals surface area contributed by atoms with Gasteiger partial charge in [0.2, 0.25) is 5.95 Å². The number of methoxy groups -OCH3 is 1. The molecule has 0 spiro atoms. The Bertz CT molecular complexity index is 1080. The monoisotopic (exact) mass is 470 g/mol. The Morgan fingerprint density at radius 3 is 2.56 bits per heavy atom. The van der Waals surface area contributed by atoms with E-state index in [0.29, 0.717) is 12.1 Å². The molecule has 0 bridgehead atoms. The van der Waals surface area contributed by atoms with E-state index in [4.69, 9.17) is 24.6 Å². The maximum Gasteiger partial charge on any atom is 0.290 e. The number of hydrogen-bond donors (Lipinski definition) is 2. The van der Waals surface area contributed by atoms with Crippen LogP contribution in [0.3, 0.4) is 0 Å². The molecule has 0 aliphatic carbocycles. The molecule has 11 heteroatoms. The van der Waals surface area contributed by atoms with E-state index >= 15 is 0 Å². The maximum absolute atomic E-state index is 8.36. The number of fused-ring (bicyclic) bond motifs is 1. The Kier molecular flexibility index (Phi) is 8.72. The summed E-state index contributed by atoms with van der Waals surface area (Å²) in [5, 5.41) is 10.2. The van der Waals surface area contributed by atoms with Crippen LogP contribution in [0.2, 0.25) is 0 Å². The van der Waals surface area contributed by atoms with Crippen molar-refractivity contribution >= 4 is 35.1 Å². The number of imidazole rings is 1. The minimum Gasteiger partial charge on any atom is -0.483 e. The second kappa shape index (κ2) is 11.7. The molecule has 3 aromatic rings. The first-order chi connectivity index (χ1) is 16.4. The van der Waals surface area contributed by atoms with Gasteiger partial charge >= 0.3 is 0 Å². The van der Waals surface area contributed by atoms with Crippen LogP contribution in [0, 0.1) is 0 Å². The number of piperidine rings is 1. The van der Waals surface area contributed by atoms with Crippen LogP contribution in [0.4, 0.5) is 17.6 Å². The fourth-order valence-corrected chi connectivity index (χ4v) is 4.08. The van der Waals surface area contributed by atoms with Crippen LogP contribution in [0.25, 0.3) is 11.0 Å². The Labute approximate surface area is 199 Å². The van der Waals surface area contributed by atoms with Gasteiger partial charge in [-0.3, -0.25) is 4.79 Å². The number of nitrogens with one attached hydrogen (secondary N) is 1. The summed E-state index contributed by atoms with van der Waals surface area (Å²) < 4.78 is 7.74. The van der Waals surface area contributed by atoms with Gasteiger partial charge in [0.15, 0.2) is 0 Å². The van der Waals surface area contributed by atoms with E-state index in [0.717, 1.165) is 66.9 Å². The molecule has 0 aromatic carbocycles. The standard InChI is InChI=1S/C22H32N8O.CH2O2/c1-15(2)30-18-12-20(24-13-17(18)25-21(30)14-28(3)4)26-19-6-9-23-22(27-19)29-10-7-16(31-5)8-11-29;2-1-3/h6,9,12-13,15-16H,7-8,10-11,14H2,1-5H3,(H,23,24,26,27);1H,(H,2,3). The van der Waals surface area contributed by atoms with Crippen molar-refractivity contribution in [3.8, 4) is 0 Å². The first kappa shape index (κ1) is 25.3. The molecule has 4 heterocycles. The van der Waals surface area contributed by atoms with Crippen molar-refractivity contribution in [1.82, 2.24) is 29.4 Å². The summed E-state index contributed by atoms with van der Waals surface area (Å²) in [4.78, 5) is 31.3. The molecule has 0 atom stereocenters. The molecule has 2 N–H and O–H groups in total. The summed E-state index contributed by atoms with van der Waals surface area (Å²) in [6.45, 7) is 6.68. The molecule has 184 valence electrons. The molecule has 1 aliphatic rings. The Hall–Kier alpha value is -3.31. The van der Waals surface area contributed by atoms with E-state index in [-0.39, 0.29) is 6.47 Å². The minimum atomic E-state index is -0.250. The van der Waals surface area contributed by atoms with Gasteiger partial charge in [-0.2, -0.15) is 4.98 Å². The molecule has 1 aliphatic heterocycles. The van der Waals surface area contributed by atoms with E-state index in [1.165, 1.54) is 0 Å². The predicted octanol–water partition coefficient (Wildman–Crippen LogP) is 2.92. The quantitative estimate of drug-likeness (QED) is 0.498. The summed E-state index contributed by atoms with van der Waals surface area (Å²) >= 11 is 0. The molecule has 0 amide bonds. The first-order valence-corrected chi connectivity index (χ1v) is 11.3. The van der Waals surface area contributed by atoms with E-state index < -0.39 is 0 Å². The second-order valence-corrected chi connectivity index (χ2v) is 8.68. The van der Waals surface area contributed by atoms with Crippen LogP contribution in [0.15, 0.2) is 24.5 Å². The van der Waals surface area contributed by atoms with Crippen molar-refractivity contribution in [2.75, 3.05) is 44.5 Å². The summed E-state index contributed by atoms with van der Waals surface area (Å²) in [5.41, 5.74) is 1.97. The largest absolute Gasteiger partial charge is 0.483 e. The van der Waals surface area contributed by atoms with Crippen molar-refractivity contribution < 1.29 is 14.6 Å². The van der Waals surface area contributed by atoms with E-state index in [1.807, 2.05) is 18.3 Å². The van der Waals surface area contributed by atoms with E-state index in [1.54, 1.807) is 13.3 Å². The Morgan fingerprint density at radius 2 is 1.94 bits per heavy atom.